The average Bonchev–Trinajstić information content (AvgIpc) is 3.11. The molecule has 8 heteroatoms. The number of benzene rings is 1. The van der Waals surface area contributed by atoms with E-state index in [1.807, 2.05) is 0 Å². The van der Waals surface area contributed by atoms with Crippen LogP contribution in [0.4, 0.5) is 0 Å². The summed E-state index contributed by atoms with van der Waals surface area (Å²) in [7, 11) is 0. The summed E-state index contributed by atoms with van der Waals surface area (Å²) < 4.78 is 6.86. The van der Waals surface area contributed by atoms with Crippen molar-refractivity contribution in [2.75, 3.05) is 13.2 Å². The van der Waals surface area contributed by atoms with Crippen molar-refractivity contribution < 1.29 is 19.4 Å². The standard InChI is InChI=1S/C17H18ClN3O4/c18-13-3-5-14(6-4-13)21-9-12(8-19-21)16(22)20-15(17(23)24)11-2-1-7-25-10-11/h3-6,8-9,11,15H,1-2,7,10H2,(H,20,22)(H,23,24). The van der Waals surface area contributed by atoms with E-state index in [-0.39, 0.29) is 11.5 Å². The lowest BCUT2D eigenvalue weighted by Gasteiger charge is -2.27. The van der Waals surface area contributed by atoms with Crippen molar-refractivity contribution >= 4 is 23.5 Å². The van der Waals surface area contributed by atoms with Gasteiger partial charge < -0.3 is 15.2 Å². The number of carbonyl (C=O) groups excluding carboxylic acids is 1. The summed E-state index contributed by atoms with van der Waals surface area (Å²) in [6, 6.07) is 6.02. The number of nitrogens with zero attached hydrogens (tertiary/aromatic N) is 2. The maximum atomic E-state index is 12.4. The van der Waals surface area contributed by atoms with E-state index in [9.17, 15) is 14.7 Å². The smallest absolute Gasteiger partial charge is 0.326 e. The molecule has 0 saturated carbocycles. The largest absolute Gasteiger partial charge is 0.480 e. The highest BCUT2D eigenvalue weighted by Gasteiger charge is 2.31. The van der Waals surface area contributed by atoms with Gasteiger partial charge in [0.1, 0.15) is 6.04 Å². The van der Waals surface area contributed by atoms with Gasteiger partial charge in [-0.3, -0.25) is 4.79 Å². The third-order valence-corrected chi connectivity index (χ3v) is 4.41. The molecule has 7 nitrogen and oxygen atoms in total. The highest BCUT2D eigenvalue weighted by atomic mass is 35.5. The van der Waals surface area contributed by atoms with E-state index < -0.39 is 17.9 Å². The fraction of sp³-hybridized carbons (Fsp3) is 0.353. The highest BCUT2D eigenvalue weighted by Crippen LogP contribution is 2.19. The van der Waals surface area contributed by atoms with Gasteiger partial charge in [-0.05, 0) is 37.1 Å². The molecule has 0 spiro atoms. The van der Waals surface area contributed by atoms with Gasteiger partial charge in [0.15, 0.2) is 0 Å². The van der Waals surface area contributed by atoms with Crippen LogP contribution in [0.25, 0.3) is 5.69 Å². The number of ether oxygens (including phenoxy) is 1. The number of carboxylic acid groups (broad SMARTS) is 1. The lowest BCUT2D eigenvalue weighted by atomic mass is 9.93. The number of carbonyl (C=O) groups is 2. The SMILES string of the molecule is O=C(NC(C(=O)O)C1CCCOC1)c1cnn(-c2ccc(Cl)cc2)c1. The Hall–Kier alpha value is -2.38. The first-order valence-corrected chi connectivity index (χ1v) is 8.34. The number of nitrogens with one attached hydrogen (secondary N) is 1. The van der Waals surface area contributed by atoms with E-state index in [0.29, 0.717) is 24.7 Å². The highest BCUT2D eigenvalue weighted by molar-refractivity contribution is 6.30. The van der Waals surface area contributed by atoms with Gasteiger partial charge in [-0.1, -0.05) is 11.6 Å². The number of carboxylic acids is 1. The molecule has 0 bridgehead atoms. The molecule has 2 heterocycles. The van der Waals surface area contributed by atoms with Gasteiger partial charge in [-0.2, -0.15) is 5.10 Å². The summed E-state index contributed by atoms with van der Waals surface area (Å²) in [6.45, 7) is 0.964. The molecule has 2 atom stereocenters. The van der Waals surface area contributed by atoms with Crippen LogP contribution in [0, 0.1) is 5.92 Å². The lowest BCUT2D eigenvalue weighted by molar-refractivity contribution is -0.142. The molecule has 1 aliphatic heterocycles. The molecule has 2 N–H and O–H groups in total. The van der Waals surface area contributed by atoms with Crippen LogP contribution in [0.3, 0.4) is 0 Å². The minimum atomic E-state index is -1.06. The quantitative estimate of drug-likeness (QED) is 0.848. The summed E-state index contributed by atoms with van der Waals surface area (Å²) in [5.41, 5.74) is 1.04. The van der Waals surface area contributed by atoms with Crippen LogP contribution >= 0.6 is 11.6 Å². The van der Waals surface area contributed by atoms with E-state index in [1.54, 1.807) is 30.5 Å². The van der Waals surface area contributed by atoms with Crippen LogP contribution in [-0.2, 0) is 9.53 Å². The first kappa shape index (κ1) is 17.4. The van der Waals surface area contributed by atoms with E-state index in [0.717, 1.165) is 12.1 Å². The summed E-state index contributed by atoms with van der Waals surface area (Å²) >= 11 is 5.86. The number of hydrogen-bond donors (Lipinski definition) is 2. The van der Waals surface area contributed by atoms with Gasteiger partial charge in [-0.15, -0.1) is 0 Å². The third kappa shape index (κ3) is 4.18. The van der Waals surface area contributed by atoms with Gasteiger partial charge in [0, 0.05) is 23.7 Å². The van der Waals surface area contributed by atoms with Crippen LogP contribution in [0.1, 0.15) is 23.2 Å². The second-order valence-corrected chi connectivity index (χ2v) is 6.35. The van der Waals surface area contributed by atoms with Gasteiger partial charge in [-0.25, -0.2) is 9.48 Å². The molecule has 0 radical (unpaired) electrons. The summed E-state index contributed by atoms with van der Waals surface area (Å²) in [5, 5.41) is 16.8. The number of aliphatic carboxylic acids is 1. The molecule has 1 fully saturated rings. The Morgan fingerprint density at radius 2 is 2.12 bits per heavy atom. The van der Waals surface area contributed by atoms with Crippen LogP contribution < -0.4 is 5.32 Å². The summed E-state index contributed by atoms with van der Waals surface area (Å²) in [5.74, 6) is -1.77. The van der Waals surface area contributed by atoms with Crippen LogP contribution in [-0.4, -0.2) is 46.0 Å². The number of rotatable bonds is 5. The Morgan fingerprint density at radius 1 is 1.36 bits per heavy atom. The minimum Gasteiger partial charge on any atom is -0.480 e. The van der Waals surface area contributed by atoms with Crippen LogP contribution in [0.5, 0.6) is 0 Å². The molecule has 1 aliphatic rings. The molecule has 1 amide bonds. The van der Waals surface area contributed by atoms with Crippen molar-refractivity contribution in [3.05, 3.63) is 47.2 Å². The average molecular weight is 364 g/mol. The van der Waals surface area contributed by atoms with Crippen molar-refractivity contribution in [3.63, 3.8) is 0 Å². The third-order valence-electron chi connectivity index (χ3n) is 4.16. The number of hydrogen-bond acceptors (Lipinski definition) is 4. The Labute approximate surface area is 149 Å². The molecule has 1 aromatic carbocycles. The van der Waals surface area contributed by atoms with Crippen molar-refractivity contribution in [2.45, 2.75) is 18.9 Å². The van der Waals surface area contributed by atoms with Crippen molar-refractivity contribution in [2.24, 2.45) is 5.92 Å². The van der Waals surface area contributed by atoms with Crippen LogP contribution in [0.2, 0.25) is 5.02 Å². The Balaban J connectivity index is 1.71. The maximum Gasteiger partial charge on any atom is 0.326 e. The Bertz CT molecular complexity index is 754. The topological polar surface area (TPSA) is 93.5 Å². The molecule has 25 heavy (non-hydrogen) atoms. The minimum absolute atomic E-state index is 0.235. The molecule has 2 unspecified atom stereocenters. The number of aromatic nitrogens is 2. The van der Waals surface area contributed by atoms with Crippen LogP contribution in [0.15, 0.2) is 36.7 Å². The fourth-order valence-corrected chi connectivity index (χ4v) is 2.94. The Kier molecular flexibility index (Phi) is 5.35. The van der Waals surface area contributed by atoms with E-state index >= 15 is 0 Å². The first-order chi connectivity index (χ1) is 12.0. The molecule has 0 aliphatic carbocycles. The van der Waals surface area contributed by atoms with Gasteiger partial charge >= 0.3 is 5.97 Å². The molecule has 1 saturated heterocycles. The lowest BCUT2D eigenvalue weighted by Crippen LogP contribution is -2.48. The zero-order chi connectivity index (χ0) is 17.8. The number of amides is 1. The second kappa shape index (κ2) is 7.67. The van der Waals surface area contributed by atoms with Crippen molar-refractivity contribution in [1.29, 1.82) is 0 Å². The van der Waals surface area contributed by atoms with Gasteiger partial charge in [0.25, 0.3) is 5.91 Å². The Morgan fingerprint density at radius 3 is 2.76 bits per heavy atom. The zero-order valence-electron chi connectivity index (χ0n) is 13.4. The molecular weight excluding hydrogens is 346 g/mol. The van der Waals surface area contributed by atoms with E-state index in [2.05, 4.69) is 10.4 Å². The van der Waals surface area contributed by atoms with Crippen molar-refractivity contribution in [1.82, 2.24) is 15.1 Å². The second-order valence-electron chi connectivity index (χ2n) is 5.92. The molecule has 132 valence electrons. The number of halogens is 1. The predicted molar refractivity (Wildman–Crippen MR) is 91.0 cm³/mol. The normalized spacial score (nSPS) is 18.5. The monoisotopic (exact) mass is 363 g/mol. The molecule has 3 rings (SSSR count). The fourth-order valence-electron chi connectivity index (χ4n) is 2.81. The zero-order valence-corrected chi connectivity index (χ0v) is 14.1. The maximum absolute atomic E-state index is 12.4. The van der Waals surface area contributed by atoms with Crippen molar-refractivity contribution in [3.8, 4) is 5.69 Å². The molecule has 1 aromatic heterocycles. The van der Waals surface area contributed by atoms with Gasteiger partial charge in [0.2, 0.25) is 0 Å². The first-order valence-electron chi connectivity index (χ1n) is 7.96. The van der Waals surface area contributed by atoms with E-state index in [4.69, 9.17) is 16.3 Å². The summed E-state index contributed by atoms with van der Waals surface area (Å²) in [4.78, 5) is 23.9. The molecular formula is C17H18ClN3O4. The van der Waals surface area contributed by atoms with Gasteiger partial charge in [0.05, 0.1) is 24.1 Å². The predicted octanol–water partition coefficient (Wildman–Crippen LogP) is 2.14. The molecule has 2 aromatic rings. The summed E-state index contributed by atoms with van der Waals surface area (Å²) in [6.07, 6.45) is 4.45. The van der Waals surface area contributed by atoms with E-state index in [1.165, 1.54) is 10.9 Å².